The van der Waals surface area contributed by atoms with E-state index < -0.39 is 27.5 Å². The molecule has 0 fully saturated rings. The van der Waals surface area contributed by atoms with Crippen LogP contribution >= 0.6 is 0 Å². The minimum absolute atomic E-state index is 0.208. The zero-order valence-corrected chi connectivity index (χ0v) is 10.9. The Hall–Kier alpha value is -1.05. The summed E-state index contributed by atoms with van der Waals surface area (Å²) in [6.07, 6.45) is 0. The van der Waals surface area contributed by atoms with Crippen molar-refractivity contribution in [3.8, 4) is 0 Å². The fourth-order valence-corrected chi connectivity index (χ4v) is 2.99. The SMILES string of the molecule is CNC(COC)CS(=O)(=O)c1ccc(F)c(F)c1. The van der Waals surface area contributed by atoms with Gasteiger partial charge in [-0.15, -0.1) is 0 Å². The number of ether oxygens (including phenoxy) is 1. The molecule has 1 atom stereocenters. The van der Waals surface area contributed by atoms with E-state index >= 15 is 0 Å². The Morgan fingerprint density at radius 3 is 2.50 bits per heavy atom. The Morgan fingerprint density at radius 2 is 2.00 bits per heavy atom. The predicted octanol–water partition coefficient (Wildman–Crippen LogP) is 0.973. The quantitative estimate of drug-likeness (QED) is 0.789. The minimum atomic E-state index is -3.68. The molecule has 4 nitrogen and oxygen atoms in total. The number of hydrogen-bond acceptors (Lipinski definition) is 4. The molecule has 0 heterocycles. The molecule has 0 amide bonds. The lowest BCUT2D eigenvalue weighted by molar-refractivity contribution is 0.176. The summed E-state index contributed by atoms with van der Waals surface area (Å²) < 4.78 is 54.5. The molecule has 0 radical (unpaired) electrons. The van der Waals surface area contributed by atoms with Crippen molar-refractivity contribution in [3.05, 3.63) is 29.8 Å². The summed E-state index contributed by atoms with van der Waals surface area (Å²) in [5.74, 6) is -2.50. The number of benzene rings is 1. The van der Waals surface area contributed by atoms with Crippen molar-refractivity contribution in [2.75, 3.05) is 26.5 Å². The predicted molar refractivity (Wildman–Crippen MR) is 63.1 cm³/mol. The Labute approximate surface area is 105 Å². The molecular weight excluding hydrogens is 264 g/mol. The molecule has 0 aliphatic carbocycles. The van der Waals surface area contributed by atoms with Crippen LogP contribution in [0.3, 0.4) is 0 Å². The third-order valence-corrected chi connectivity index (χ3v) is 4.26. The van der Waals surface area contributed by atoms with E-state index in [0.717, 1.165) is 12.1 Å². The Bertz CT molecular complexity index is 505. The van der Waals surface area contributed by atoms with Gasteiger partial charge in [-0.05, 0) is 25.2 Å². The molecule has 1 N–H and O–H groups in total. The van der Waals surface area contributed by atoms with Crippen LogP contribution in [-0.4, -0.2) is 41.0 Å². The molecule has 1 aromatic carbocycles. The highest BCUT2D eigenvalue weighted by atomic mass is 32.2. The first-order valence-electron chi connectivity index (χ1n) is 5.24. The number of hydrogen-bond donors (Lipinski definition) is 1. The van der Waals surface area contributed by atoms with E-state index in [4.69, 9.17) is 4.74 Å². The standard InChI is InChI=1S/C11H15F2NO3S/c1-14-8(6-17-2)7-18(15,16)9-3-4-10(12)11(13)5-9/h3-5,8,14H,6-7H2,1-2H3. The van der Waals surface area contributed by atoms with Gasteiger partial charge in [-0.25, -0.2) is 17.2 Å². The molecule has 102 valence electrons. The van der Waals surface area contributed by atoms with Gasteiger partial charge in [0.25, 0.3) is 0 Å². The smallest absolute Gasteiger partial charge is 0.180 e. The number of rotatable bonds is 6. The molecule has 1 unspecified atom stereocenters. The van der Waals surface area contributed by atoms with Crippen LogP contribution in [0.15, 0.2) is 23.1 Å². The van der Waals surface area contributed by atoms with Gasteiger partial charge in [0.1, 0.15) is 0 Å². The van der Waals surface area contributed by atoms with Crippen LogP contribution in [0.5, 0.6) is 0 Å². The first-order valence-corrected chi connectivity index (χ1v) is 6.90. The largest absolute Gasteiger partial charge is 0.383 e. The Balaban J connectivity index is 2.95. The number of nitrogens with one attached hydrogen (secondary N) is 1. The van der Waals surface area contributed by atoms with Crippen LogP contribution in [-0.2, 0) is 14.6 Å². The molecular formula is C11H15F2NO3S. The molecule has 0 aromatic heterocycles. The molecule has 7 heteroatoms. The minimum Gasteiger partial charge on any atom is -0.383 e. The Morgan fingerprint density at radius 1 is 1.33 bits per heavy atom. The van der Waals surface area contributed by atoms with Crippen LogP contribution in [0.4, 0.5) is 8.78 Å². The van der Waals surface area contributed by atoms with E-state index in [2.05, 4.69) is 5.32 Å². The third-order valence-electron chi connectivity index (χ3n) is 2.45. The van der Waals surface area contributed by atoms with E-state index in [1.54, 1.807) is 7.05 Å². The zero-order valence-electron chi connectivity index (χ0n) is 10.1. The first-order chi connectivity index (χ1) is 8.40. The molecule has 1 aromatic rings. The summed E-state index contributed by atoms with van der Waals surface area (Å²) in [4.78, 5) is -0.238. The fourth-order valence-electron chi connectivity index (χ4n) is 1.45. The molecule has 0 bridgehead atoms. The van der Waals surface area contributed by atoms with Crippen molar-refractivity contribution < 1.29 is 21.9 Å². The maximum atomic E-state index is 13.0. The molecule has 0 aliphatic heterocycles. The van der Waals surface area contributed by atoms with Crippen molar-refractivity contribution in [2.45, 2.75) is 10.9 Å². The molecule has 0 aliphatic rings. The van der Waals surface area contributed by atoms with E-state index in [0.29, 0.717) is 6.07 Å². The zero-order chi connectivity index (χ0) is 13.8. The number of sulfone groups is 1. The second-order valence-corrected chi connectivity index (χ2v) is 5.83. The third kappa shape index (κ3) is 3.72. The highest BCUT2D eigenvalue weighted by Crippen LogP contribution is 2.16. The molecule has 0 saturated heterocycles. The topological polar surface area (TPSA) is 55.4 Å². The maximum absolute atomic E-state index is 13.0. The van der Waals surface area contributed by atoms with E-state index in [9.17, 15) is 17.2 Å². The summed E-state index contributed by atoms with van der Waals surface area (Å²) >= 11 is 0. The van der Waals surface area contributed by atoms with Gasteiger partial charge in [-0.1, -0.05) is 0 Å². The van der Waals surface area contributed by atoms with Crippen LogP contribution in [0, 0.1) is 11.6 Å². The first kappa shape index (κ1) is 15.0. The second kappa shape index (κ2) is 6.21. The van der Waals surface area contributed by atoms with Gasteiger partial charge in [0, 0.05) is 13.2 Å². The van der Waals surface area contributed by atoms with Crippen LogP contribution in [0.1, 0.15) is 0 Å². The molecule has 18 heavy (non-hydrogen) atoms. The summed E-state index contributed by atoms with van der Waals surface area (Å²) in [6.45, 7) is 0.208. The molecule has 0 spiro atoms. The summed E-state index contributed by atoms with van der Waals surface area (Å²) in [7, 11) is -0.628. The van der Waals surface area contributed by atoms with Gasteiger partial charge in [0.15, 0.2) is 21.5 Å². The highest BCUT2D eigenvalue weighted by molar-refractivity contribution is 7.91. The van der Waals surface area contributed by atoms with Gasteiger partial charge in [0.2, 0.25) is 0 Å². The van der Waals surface area contributed by atoms with E-state index in [1.165, 1.54) is 7.11 Å². The van der Waals surface area contributed by atoms with Crippen molar-refractivity contribution in [2.24, 2.45) is 0 Å². The fraction of sp³-hybridized carbons (Fsp3) is 0.455. The van der Waals surface area contributed by atoms with Gasteiger partial charge >= 0.3 is 0 Å². The van der Waals surface area contributed by atoms with Crippen LogP contribution < -0.4 is 5.32 Å². The lowest BCUT2D eigenvalue weighted by atomic mass is 10.3. The van der Waals surface area contributed by atoms with Gasteiger partial charge in [0.05, 0.1) is 17.3 Å². The van der Waals surface area contributed by atoms with Gasteiger partial charge in [-0.2, -0.15) is 0 Å². The van der Waals surface area contributed by atoms with Crippen LogP contribution in [0.25, 0.3) is 0 Å². The van der Waals surface area contributed by atoms with Crippen molar-refractivity contribution in [3.63, 3.8) is 0 Å². The number of halogens is 2. The number of methoxy groups -OCH3 is 1. The van der Waals surface area contributed by atoms with Gasteiger partial charge in [-0.3, -0.25) is 0 Å². The van der Waals surface area contributed by atoms with Crippen molar-refractivity contribution >= 4 is 9.84 Å². The second-order valence-electron chi connectivity index (χ2n) is 3.80. The average Bonchev–Trinajstić information content (AvgIpc) is 2.31. The van der Waals surface area contributed by atoms with Crippen LogP contribution in [0.2, 0.25) is 0 Å². The summed E-state index contributed by atoms with van der Waals surface area (Å²) in [5.41, 5.74) is 0. The maximum Gasteiger partial charge on any atom is 0.180 e. The van der Waals surface area contributed by atoms with E-state index in [-0.39, 0.29) is 17.3 Å². The van der Waals surface area contributed by atoms with Crippen molar-refractivity contribution in [1.29, 1.82) is 0 Å². The van der Waals surface area contributed by atoms with Crippen molar-refractivity contribution in [1.82, 2.24) is 5.32 Å². The lowest BCUT2D eigenvalue weighted by Gasteiger charge is -2.15. The summed E-state index contributed by atoms with van der Waals surface area (Å²) in [6, 6.07) is 2.12. The monoisotopic (exact) mass is 279 g/mol. The van der Waals surface area contributed by atoms with E-state index in [1.807, 2.05) is 0 Å². The highest BCUT2D eigenvalue weighted by Gasteiger charge is 2.21. The average molecular weight is 279 g/mol. The molecule has 0 saturated carbocycles. The lowest BCUT2D eigenvalue weighted by Crippen LogP contribution is -2.36. The summed E-state index contributed by atoms with van der Waals surface area (Å²) in [5, 5.41) is 2.78. The molecule has 1 rings (SSSR count). The number of likely N-dealkylation sites (N-methyl/N-ethyl adjacent to an activating group) is 1. The van der Waals surface area contributed by atoms with Gasteiger partial charge < -0.3 is 10.1 Å². The Kier molecular flexibility index (Phi) is 5.18. The normalized spacial score (nSPS) is 13.6.